The Morgan fingerprint density at radius 1 is 1.06 bits per heavy atom. The Morgan fingerprint density at radius 2 is 1.71 bits per heavy atom. The Labute approximate surface area is 112 Å². The van der Waals surface area contributed by atoms with Crippen molar-refractivity contribution < 1.29 is 0 Å². The highest BCUT2D eigenvalue weighted by Crippen LogP contribution is 2.09. The van der Waals surface area contributed by atoms with Crippen LogP contribution in [0.1, 0.15) is 51.9 Å². The first-order chi connectivity index (χ1) is 8.24. The van der Waals surface area contributed by atoms with Gasteiger partial charge >= 0.3 is 0 Å². The first kappa shape index (κ1) is 14.5. The number of nitrogens with zero attached hydrogens (tertiary/aromatic N) is 1. The summed E-state index contributed by atoms with van der Waals surface area (Å²) in [4.78, 5) is 11.5. The highest BCUT2D eigenvalue weighted by molar-refractivity contribution is 9.10. The van der Waals surface area contributed by atoms with Crippen LogP contribution in [0, 0.1) is 0 Å². The number of aromatic nitrogens is 1. The van der Waals surface area contributed by atoms with Gasteiger partial charge in [-0.15, -0.1) is 0 Å². The van der Waals surface area contributed by atoms with Crippen molar-refractivity contribution in [1.82, 2.24) is 4.57 Å². The molecule has 0 radical (unpaired) electrons. The van der Waals surface area contributed by atoms with Gasteiger partial charge in [-0.2, -0.15) is 0 Å². The van der Waals surface area contributed by atoms with E-state index in [0.29, 0.717) is 0 Å². The van der Waals surface area contributed by atoms with Crippen LogP contribution in [0.15, 0.2) is 27.6 Å². The monoisotopic (exact) mass is 299 g/mol. The van der Waals surface area contributed by atoms with Gasteiger partial charge in [-0.25, -0.2) is 0 Å². The van der Waals surface area contributed by atoms with E-state index in [2.05, 4.69) is 22.9 Å². The second kappa shape index (κ2) is 8.51. The van der Waals surface area contributed by atoms with Crippen LogP contribution in [-0.4, -0.2) is 4.57 Å². The number of pyridine rings is 1. The molecule has 0 unspecified atom stereocenters. The Kier molecular flexibility index (Phi) is 7.25. The maximum Gasteiger partial charge on any atom is 0.250 e. The smallest absolute Gasteiger partial charge is 0.250 e. The van der Waals surface area contributed by atoms with E-state index in [1.54, 1.807) is 16.7 Å². The molecule has 1 rings (SSSR count). The summed E-state index contributed by atoms with van der Waals surface area (Å²) < 4.78 is 2.76. The van der Waals surface area contributed by atoms with E-state index in [0.717, 1.165) is 17.4 Å². The molecule has 0 fully saturated rings. The van der Waals surface area contributed by atoms with E-state index in [-0.39, 0.29) is 5.56 Å². The molecule has 0 aromatic carbocycles. The minimum absolute atomic E-state index is 0.0965. The lowest BCUT2D eigenvalue weighted by atomic mass is 10.1. The van der Waals surface area contributed by atoms with Crippen LogP contribution in [0.4, 0.5) is 0 Å². The number of unbranched alkanes of at least 4 members (excludes halogenated alkanes) is 6. The van der Waals surface area contributed by atoms with Crippen LogP contribution in [0.5, 0.6) is 0 Å². The largest absolute Gasteiger partial charge is 0.314 e. The Morgan fingerprint density at radius 3 is 2.41 bits per heavy atom. The third kappa shape index (κ3) is 6.06. The van der Waals surface area contributed by atoms with Crippen LogP contribution in [-0.2, 0) is 6.54 Å². The van der Waals surface area contributed by atoms with Crippen LogP contribution in [0.3, 0.4) is 0 Å². The van der Waals surface area contributed by atoms with E-state index in [9.17, 15) is 4.79 Å². The highest BCUT2D eigenvalue weighted by Gasteiger charge is 1.97. The average Bonchev–Trinajstić information content (AvgIpc) is 2.32. The van der Waals surface area contributed by atoms with Crippen molar-refractivity contribution in [3.63, 3.8) is 0 Å². The number of hydrogen-bond acceptors (Lipinski definition) is 1. The van der Waals surface area contributed by atoms with Crippen molar-refractivity contribution in [2.24, 2.45) is 0 Å². The number of aryl methyl sites for hydroxylation is 1. The van der Waals surface area contributed by atoms with Crippen molar-refractivity contribution >= 4 is 15.9 Å². The van der Waals surface area contributed by atoms with Gasteiger partial charge in [-0.3, -0.25) is 4.79 Å². The molecule has 1 aromatic heterocycles. The molecule has 2 nitrogen and oxygen atoms in total. The van der Waals surface area contributed by atoms with Crippen molar-refractivity contribution in [3.05, 3.63) is 33.2 Å². The fraction of sp³-hybridized carbons (Fsp3) is 0.643. The van der Waals surface area contributed by atoms with Crippen molar-refractivity contribution in [2.45, 2.75) is 58.4 Å². The summed E-state index contributed by atoms with van der Waals surface area (Å²) in [6.45, 7) is 3.08. The molecule has 0 aliphatic heterocycles. The third-order valence-corrected chi connectivity index (χ3v) is 3.42. The van der Waals surface area contributed by atoms with Gasteiger partial charge in [0.05, 0.1) is 0 Å². The molecular formula is C14H22BrNO. The average molecular weight is 300 g/mol. The topological polar surface area (TPSA) is 22.0 Å². The molecule has 1 aromatic rings. The minimum Gasteiger partial charge on any atom is -0.314 e. The first-order valence-electron chi connectivity index (χ1n) is 6.60. The molecule has 1 heterocycles. The summed E-state index contributed by atoms with van der Waals surface area (Å²) in [7, 11) is 0. The van der Waals surface area contributed by atoms with Gasteiger partial charge in [0.15, 0.2) is 0 Å². The molecule has 17 heavy (non-hydrogen) atoms. The van der Waals surface area contributed by atoms with E-state index in [4.69, 9.17) is 0 Å². The van der Waals surface area contributed by atoms with Crippen molar-refractivity contribution in [1.29, 1.82) is 0 Å². The zero-order chi connectivity index (χ0) is 12.5. The fourth-order valence-electron chi connectivity index (χ4n) is 1.92. The van der Waals surface area contributed by atoms with Crippen molar-refractivity contribution in [2.75, 3.05) is 0 Å². The standard InChI is InChI=1S/C14H22BrNO/c1-2-3-4-5-6-7-8-11-16-12-13(15)9-10-14(16)17/h9-10,12H,2-8,11H2,1H3. The maximum absolute atomic E-state index is 11.5. The maximum atomic E-state index is 11.5. The molecule has 0 spiro atoms. The van der Waals surface area contributed by atoms with Crippen LogP contribution in [0.25, 0.3) is 0 Å². The molecule has 3 heteroatoms. The van der Waals surface area contributed by atoms with E-state index >= 15 is 0 Å². The van der Waals surface area contributed by atoms with Crippen LogP contribution >= 0.6 is 15.9 Å². The summed E-state index contributed by atoms with van der Waals surface area (Å²) >= 11 is 3.39. The van der Waals surface area contributed by atoms with Gasteiger partial charge in [0, 0.05) is 23.3 Å². The lowest BCUT2D eigenvalue weighted by Gasteiger charge is -2.05. The molecule has 0 saturated heterocycles. The molecule has 0 N–H and O–H groups in total. The Bertz CT molecular complexity index is 373. The Hall–Kier alpha value is -0.570. The number of halogens is 1. The lowest BCUT2D eigenvalue weighted by molar-refractivity contribution is 0.542. The van der Waals surface area contributed by atoms with Gasteiger partial charge < -0.3 is 4.57 Å². The number of rotatable bonds is 8. The van der Waals surface area contributed by atoms with Gasteiger partial charge in [-0.1, -0.05) is 45.4 Å². The predicted octanol–water partition coefficient (Wildman–Crippen LogP) is 4.36. The van der Waals surface area contributed by atoms with E-state index < -0.39 is 0 Å². The molecule has 0 aliphatic rings. The zero-order valence-corrected chi connectivity index (χ0v) is 12.2. The molecule has 0 aliphatic carbocycles. The molecule has 96 valence electrons. The van der Waals surface area contributed by atoms with E-state index in [1.165, 1.54) is 38.5 Å². The zero-order valence-electron chi connectivity index (χ0n) is 10.6. The van der Waals surface area contributed by atoms with Crippen LogP contribution < -0.4 is 5.56 Å². The summed E-state index contributed by atoms with van der Waals surface area (Å²) in [6.07, 6.45) is 10.8. The third-order valence-electron chi connectivity index (χ3n) is 2.95. The fourth-order valence-corrected chi connectivity index (χ4v) is 2.30. The molecule has 0 bridgehead atoms. The van der Waals surface area contributed by atoms with E-state index in [1.807, 2.05) is 6.20 Å². The highest BCUT2D eigenvalue weighted by atomic mass is 79.9. The van der Waals surface area contributed by atoms with Crippen molar-refractivity contribution in [3.8, 4) is 0 Å². The summed E-state index contributed by atoms with van der Waals surface area (Å²) in [5.41, 5.74) is 0.0965. The molecule has 0 saturated carbocycles. The number of hydrogen-bond donors (Lipinski definition) is 0. The summed E-state index contributed by atoms with van der Waals surface area (Å²) in [5, 5.41) is 0. The summed E-state index contributed by atoms with van der Waals surface area (Å²) in [5.74, 6) is 0. The molecule has 0 atom stereocenters. The quantitative estimate of drug-likeness (QED) is 0.654. The van der Waals surface area contributed by atoms with Gasteiger partial charge in [0.25, 0.3) is 5.56 Å². The second-order valence-electron chi connectivity index (χ2n) is 4.50. The van der Waals surface area contributed by atoms with Gasteiger partial charge in [0.2, 0.25) is 0 Å². The lowest BCUT2D eigenvalue weighted by Crippen LogP contribution is -2.18. The molecule has 0 amide bonds. The second-order valence-corrected chi connectivity index (χ2v) is 5.42. The summed E-state index contributed by atoms with van der Waals surface area (Å²) in [6, 6.07) is 3.41. The molecular weight excluding hydrogens is 278 g/mol. The first-order valence-corrected chi connectivity index (χ1v) is 7.39. The predicted molar refractivity (Wildman–Crippen MR) is 76.4 cm³/mol. The normalized spacial score (nSPS) is 10.7. The van der Waals surface area contributed by atoms with Gasteiger partial charge in [0.1, 0.15) is 0 Å². The van der Waals surface area contributed by atoms with Gasteiger partial charge in [-0.05, 0) is 28.4 Å². The Balaban J connectivity index is 2.18. The SMILES string of the molecule is CCCCCCCCCn1cc(Br)ccc1=O. The van der Waals surface area contributed by atoms with Crippen LogP contribution in [0.2, 0.25) is 0 Å². The minimum atomic E-state index is 0.0965.